The van der Waals surface area contributed by atoms with E-state index in [1.807, 2.05) is 0 Å². The Hall–Kier alpha value is -0.210. The molecule has 6 heavy (non-hydrogen) atoms. The van der Waals surface area contributed by atoms with Gasteiger partial charge >= 0.3 is 0 Å². The summed E-state index contributed by atoms with van der Waals surface area (Å²) >= 11 is 4.61. The van der Waals surface area contributed by atoms with Crippen molar-refractivity contribution in [1.29, 1.82) is 0 Å². The highest BCUT2D eigenvalue weighted by Crippen LogP contribution is 1.91. The van der Waals surface area contributed by atoms with Crippen LogP contribution in [0.5, 0.6) is 0 Å². The summed E-state index contributed by atoms with van der Waals surface area (Å²) in [5, 5.41) is 0. The van der Waals surface area contributed by atoms with Gasteiger partial charge in [0.2, 0.25) is 0 Å². The second kappa shape index (κ2) is 3.00. The van der Waals surface area contributed by atoms with Gasteiger partial charge in [-0.15, -0.1) is 0 Å². The first-order chi connectivity index (χ1) is 2.77. The average molecular weight is 109 g/mol. The lowest BCUT2D eigenvalue weighted by molar-refractivity contribution is -0.159. The maximum absolute atomic E-state index is 4.61. The fourth-order valence-corrected chi connectivity index (χ4v) is 0.161. The van der Waals surface area contributed by atoms with Crippen LogP contribution in [0, 0.1) is 0 Å². The number of halogens is 1. The highest BCUT2D eigenvalue weighted by Gasteiger charge is 1.76. The molecule has 0 bridgehead atoms. The lowest BCUT2D eigenvalue weighted by atomic mass is 10.7. The van der Waals surface area contributed by atoms with Crippen LogP contribution in [0.1, 0.15) is 6.92 Å². The Kier molecular flexibility index (Phi) is 2.89. The van der Waals surface area contributed by atoms with E-state index in [9.17, 15) is 0 Å². The van der Waals surface area contributed by atoms with Crippen molar-refractivity contribution in [3.63, 3.8) is 0 Å². The van der Waals surface area contributed by atoms with Crippen LogP contribution in [-0.2, 0) is 9.33 Å². The van der Waals surface area contributed by atoms with Crippen LogP contribution in [-0.4, -0.2) is 0 Å². The first kappa shape index (κ1) is 5.79. The minimum absolute atomic E-state index is 0.435. The Morgan fingerprint density at radius 2 is 2.33 bits per heavy atom. The zero-order chi connectivity index (χ0) is 4.99. The summed E-state index contributed by atoms with van der Waals surface area (Å²) in [5.74, 6) is 0.435. The van der Waals surface area contributed by atoms with Crippen molar-refractivity contribution in [3.8, 4) is 0 Å². The van der Waals surface area contributed by atoms with E-state index in [1.165, 1.54) is 0 Å². The molecule has 3 heteroatoms. The van der Waals surface area contributed by atoms with E-state index in [4.69, 9.17) is 0 Å². The minimum atomic E-state index is 0.435. The van der Waals surface area contributed by atoms with Crippen LogP contribution >= 0.6 is 11.9 Å². The predicted octanol–water partition coefficient (Wildman–Crippen LogP) is 1.62. The lowest BCUT2D eigenvalue weighted by Gasteiger charge is -1.89. The molecule has 0 spiro atoms. The van der Waals surface area contributed by atoms with Crippen LogP contribution in [0.4, 0.5) is 0 Å². The predicted molar refractivity (Wildman–Crippen MR) is 22.8 cm³/mol. The van der Waals surface area contributed by atoms with Crippen molar-refractivity contribution < 1.29 is 9.33 Å². The van der Waals surface area contributed by atoms with Gasteiger partial charge in [0.15, 0.2) is 0 Å². The molecular weight excluding hydrogens is 103 g/mol. The first-order valence-corrected chi connectivity index (χ1v) is 1.69. The fourth-order valence-electron chi connectivity index (χ4n) is 0.0538. The molecule has 0 amide bonds. The van der Waals surface area contributed by atoms with Crippen LogP contribution in [0.15, 0.2) is 12.3 Å². The van der Waals surface area contributed by atoms with Gasteiger partial charge in [-0.1, -0.05) is 11.0 Å². The van der Waals surface area contributed by atoms with Gasteiger partial charge in [-0.2, -0.15) is 0 Å². The molecule has 0 N–H and O–H groups in total. The number of hydrogen-bond donors (Lipinski definition) is 0. The molecule has 0 aliphatic carbocycles. The van der Waals surface area contributed by atoms with Crippen molar-refractivity contribution in [3.05, 3.63) is 12.3 Å². The van der Waals surface area contributed by atoms with Gasteiger partial charge in [0, 0.05) is 0 Å². The van der Waals surface area contributed by atoms with Crippen molar-refractivity contribution in [2.75, 3.05) is 0 Å². The van der Waals surface area contributed by atoms with Gasteiger partial charge in [0.05, 0.1) is 0 Å². The largest absolute Gasteiger partial charge is 0.325 e. The molecule has 0 radical (unpaired) electrons. The topological polar surface area (TPSA) is 18.5 Å². The second-order valence-electron chi connectivity index (χ2n) is 0.848. The van der Waals surface area contributed by atoms with E-state index < -0.39 is 0 Å². The first-order valence-electron chi connectivity index (χ1n) is 1.38. The SMILES string of the molecule is C=C(C)OOCl. The molecule has 0 unspecified atom stereocenters. The normalized spacial score (nSPS) is 7.67. The zero-order valence-electron chi connectivity index (χ0n) is 3.40. The number of hydrogen-bond acceptors (Lipinski definition) is 2. The molecule has 0 heterocycles. The Bertz CT molecular complexity index is 52.8. The molecule has 0 aromatic rings. The molecule has 0 saturated carbocycles. The molecule has 0 aliphatic rings. The monoisotopic (exact) mass is 108 g/mol. The number of rotatable bonds is 2. The van der Waals surface area contributed by atoms with E-state index in [2.05, 4.69) is 27.8 Å². The molecule has 0 saturated heterocycles. The van der Waals surface area contributed by atoms with Gasteiger partial charge in [-0.25, -0.2) is 0 Å². The molecule has 0 aromatic carbocycles. The molecule has 0 fully saturated rings. The molecule has 36 valence electrons. The Labute approximate surface area is 41.4 Å². The highest BCUT2D eigenvalue weighted by molar-refractivity contribution is 6.06. The van der Waals surface area contributed by atoms with E-state index in [-0.39, 0.29) is 0 Å². The minimum Gasteiger partial charge on any atom is -0.325 e. The van der Waals surface area contributed by atoms with E-state index >= 15 is 0 Å². The summed E-state index contributed by atoms with van der Waals surface area (Å²) in [6, 6.07) is 0. The third kappa shape index (κ3) is 3.79. The molecular formula is C3H5ClO2. The Balaban J connectivity index is 2.83. The van der Waals surface area contributed by atoms with Crippen molar-refractivity contribution in [2.24, 2.45) is 0 Å². The molecule has 0 atom stereocenters. The Morgan fingerprint density at radius 3 is 2.33 bits per heavy atom. The maximum atomic E-state index is 4.61. The molecule has 0 aliphatic heterocycles. The standard InChI is InChI=1S/C3H5ClO2/c1-3(2)5-6-4/h1H2,2H3. The third-order valence-electron chi connectivity index (χ3n) is 0.174. The summed E-state index contributed by atoms with van der Waals surface area (Å²) in [6.07, 6.45) is 0. The van der Waals surface area contributed by atoms with Gasteiger partial charge in [0.1, 0.15) is 17.6 Å². The van der Waals surface area contributed by atoms with E-state index in [0.29, 0.717) is 5.76 Å². The van der Waals surface area contributed by atoms with Crippen molar-refractivity contribution >= 4 is 11.9 Å². The average Bonchev–Trinajstić information content (AvgIpc) is 1.35. The Morgan fingerprint density at radius 1 is 1.83 bits per heavy atom. The van der Waals surface area contributed by atoms with Crippen LogP contribution in [0.2, 0.25) is 0 Å². The summed E-state index contributed by atoms with van der Waals surface area (Å²) < 4.78 is 3.68. The fraction of sp³-hybridized carbons (Fsp3) is 0.333. The van der Waals surface area contributed by atoms with Crippen LogP contribution in [0.3, 0.4) is 0 Å². The molecule has 0 aromatic heterocycles. The van der Waals surface area contributed by atoms with E-state index in [1.54, 1.807) is 6.92 Å². The summed E-state index contributed by atoms with van der Waals surface area (Å²) in [4.78, 5) is 4.11. The van der Waals surface area contributed by atoms with Gasteiger partial charge < -0.3 is 4.89 Å². The van der Waals surface area contributed by atoms with Gasteiger partial charge in [-0.05, 0) is 6.92 Å². The summed E-state index contributed by atoms with van der Waals surface area (Å²) in [7, 11) is 0. The smallest absolute Gasteiger partial charge is 0.134 e. The lowest BCUT2D eigenvalue weighted by Crippen LogP contribution is -1.75. The van der Waals surface area contributed by atoms with E-state index in [0.717, 1.165) is 0 Å². The van der Waals surface area contributed by atoms with Crippen LogP contribution < -0.4 is 0 Å². The van der Waals surface area contributed by atoms with Gasteiger partial charge in [-0.3, -0.25) is 0 Å². The molecule has 0 rings (SSSR count). The third-order valence-corrected chi connectivity index (χ3v) is 0.237. The molecule has 2 nitrogen and oxygen atoms in total. The summed E-state index contributed by atoms with van der Waals surface area (Å²) in [5.41, 5.74) is 0. The quantitative estimate of drug-likeness (QED) is 0.304. The zero-order valence-corrected chi connectivity index (χ0v) is 4.16. The number of allylic oxidation sites excluding steroid dienone is 1. The van der Waals surface area contributed by atoms with Gasteiger partial charge in [0.25, 0.3) is 0 Å². The maximum Gasteiger partial charge on any atom is 0.134 e. The van der Waals surface area contributed by atoms with Crippen molar-refractivity contribution in [2.45, 2.75) is 6.92 Å². The highest BCUT2D eigenvalue weighted by atomic mass is 35.5. The van der Waals surface area contributed by atoms with Crippen LogP contribution in [0.25, 0.3) is 0 Å². The second-order valence-corrected chi connectivity index (χ2v) is 0.974. The summed E-state index contributed by atoms with van der Waals surface area (Å²) in [6.45, 7) is 4.94. The van der Waals surface area contributed by atoms with Crippen molar-refractivity contribution in [1.82, 2.24) is 0 Å².